The molecule has 34 heavy (non-hydrogen) atoms. The molecule has 2 aliphatic rings. The highest BCUT2D eigenvalue weighted by Gasteiger charge is 2.24. The predicted octanol–water partition coefficient (Wildman–Crippen LogP) is 5.80. The number of carbonyl (C=O) groups is 1. The van der Waals surface area contributed by atoms with Gasteiger partial charge in [0.2, 0.25) is 0 Å². The van der Waals surface area contributed by atoms with Crippen LogP contribution in [0.3, 0.4) is 0 Å². The maximum atomic E-state index is 12.8. The second kappa shape index (κ2) is 8.84. The number of H-pyrrole nitrogens is 1. The lowest BCUT2D eigenvalue weighted by molar-refractivity contribution is -0.110. The molecule has 0 unspecified atom stereocenters. The van der Waals surface area contributed by atoms with Crippen molar-refractivity contribution in [3.8, 4) is 16.9 Å². The first-order chi connectivity index (χ1) is 16.7. The van der Waals surface area contributed by atoms with E-state index in [1.165, 1.54) is 25.9 Å². The molecular weight excluding hydrogens is 422 g/mol. The van der Waals surface area contributed by atoms with Crippen LogP contribution in [0.5, 0.6) is 5.75 Å². The van der Waals surface area contributed by atoms with Crippen molar-refractivity contribution in [3.05, 3.63) is 84.1 Å². The van der Waals surface area contributed by atoms with Gasteiger partial charge in [0.25, 0.3) is 5.91 Å². The molecule has 3 heterocycles. The van der Waals surface area contributed by atoms with Crippen LogP contribution >= 0.6 is 0 Å². The zero-order chi connectivity index (χ0) is 22.9. The van der Waals surface area contributed by atoms with Crippen LogP contribution in [0.25, 0.3) is 33.7 Å². The molecule has 5 heteroatoms. The van der Waals surface area contributed by atoms with Gasteiger partial charge in [-0.3, -0.25) is 9.69 Å². The molecule has 2 aliphatic heterocycles. The van der Waals surface area contributed by atoms with Gasteiger partial charge in [-0.15, -0.1) is 0 Å². The molecule has 1 fully saturated rings. The van der Waals surface area contributed by atoms with Crippen molar-refractivity contribution in [3.63, 3.8) is 0 Å². The molecule has 1 aromatic heterocycles. The van der Waals surface area contributed by atoms with Gasteiger partial charge in [0, 0.05) is 34.4 Å². The number of fused-ring (bicyclic) bond motifs is 2. The van der Waals surface area contributed by atoms with Crippen LogP contribution in [0.4, 0.5) is 5.69 Å². The lowest BCUT2D eigenvalue weighted by Crippen LogP contribution is -2.25. The minimum Gasteiger partial charge on any atom is -0.492 e. The molecule has 4 aromatic rings. The van der Waals surface area contributed by atoms with Crippen LogP contribution in [0.15, 0.2) is 72.8 Å². The molecule has 3 aromatic carbocycles. The van der Waals surface area contributed by atoms with E-state index in [-0.39, 0.29) is 5.91 Å². The Hall–Kier alpha value is -3.83. The second-order valence-electron chi connectivity index (χ2n) is 9.01. The van der Waals surface area contributed by atoms with Gasteiger partial charge in [-0.25, -0.2) is 0 Å². The molecule has 0 saturated carbocycles. The Morgan fingerprint density at radius 3 is 2.62 bits per heavy atom. The highest BCUT2D eigenvalue weighted by atomic mass is 16.5. The number of carbonyl (C=O) groups excluding carboxylic acids is 1. The van der Waals surface area contributed by atoms with Crippen molar-refractivity contribution < 1.29 is 9.53 Å². The SMILES string of the molecule is O=C1Nc2ccc(-c3ccccc3)cc2C1=Cc1cc2cc(OCCN3CCCC3)ccc2[nH]1. The predicted molar refractivity (Wildman–Crippen MR) is 138 cm³/mol. The van der Waals surface area contributed by atoms with E-state index in [2.05, 4.69) is 45.5 Å². The molecule has 2 N–H and O–H groups in total. The summed E-state index contributed by atoms with van der Waals surface area (Å²) in [4.78, 5) is 18.6. The average molecular weight is 450 g/mol. The molecule has 0 atom stereocenters. The molecular formula is C29H27N3O2. The summed E-state index contributed by atoms with van der Waals surface area (Å²) >= 11 is 0. The maximum Gasteiger partial charge on any atom is 0.256 e. The Morgan fingerprint density at radius 2 is 1.76 bits per heavy atom. The van der Waals surface area contributed by atoms with Crippen LogP contribution in [-0.4, -0.2) is 42.0 Å². The number of ether oxygens (including phenoxy) is 1. The smallest absolute Gasteiger partial charge is 0.256 e. The van der Waals surface area contributed by atoms with E-state index in [0.29, 0.717) is 12.2 Å². The molecule has 6 rings (SSSR count). The van der Waals surface area contributed by atoms with Gasteiger partial charge in [0.15, 0.2) is 0 Å². The maximum absolute atomic E-state index is 12.8. The van der Waals surface area contributed by atoms with E-state index in [1.807, 2.05) is 48.5 Å². The Balaban J connectivity index is 1.25. The fourth-order valence-electron chi connectivity index (χ4n) is 4.90. The monoisotopic (exact) mass is 449 g/mol. The van der Waals surface area contributed by atoms with Crippen LogP contribution in [0, 0.1) is 0 Å². The Kier molecular flexibility index (Phi) is 5.40. The first kappa shape index (κ1) is 20.8. The minimum absolute atomic E-state index is 0.0789. The van der Waals surface area contributed by atoms with Crippen LogP contribution in [-0.2, 0) is 4.79 Å². The van der Waals surface area contributed by atoms with Crippen molar-refractivity contribution in [2.24, 2.45) is 0 Å². The number of aromatic nitrogens is 1. The number of nitrogens with zero attached hydrogens (tertiary/aromatic N) is 1. The second-order valence-corrected chi connectivity index (χ2v) is 9.01. The van der Waals surface area contributed by atoms with Gasteiger partial charge in [0.05, 0.1) is 5.57 Å². The summed E-state index contributed by atoms with van der Waals surface area (Å²) in [7, 11) is 0. The number of nitrogens with one attached hydrogen (secondary N) is 2. The van der Waals surface area contributed by atoms with Crippen molar-refractivity contribution >= 4 is 34.1 Å². The Bertz CT molecular complexity index is 1380. The number of aromatic amines is 1. The molecule has 0 aliphatic carbocycles. The van der Waals surface area contributed by atoms with Crippen molar-refractivity contribution in [2.45, 2.75) is 12.8 Å². The van der Waals surface area contributed by atoms with E-state index in [9.17, 15) is 4.79 Å². The Morgan fingerprint density at radius 1 is 0.912 bits per heavy atom. The van der Waals surface area contributed by atoms with Gasteiger partial charge in [-0.2, -0.15) is 0 Å². The zero-order valence-corrected chi connectivity index (χ0v) is 19.0. The van der Waals surface area contributed by atoms with E-state index in [4.69, 9.17) is 4.74 Å². The lowest BCUT2D eigenvalue weighted by Gasteiger charge is -2.14. The number of anilines is 1. The standard InChI is InChI=1S/C29H27N3O2/c33-29-26(25-18-21(8-10-28(25)31-29)20-6-2-1-3-7-20)19-23-16-22-17-24(9-11-27(22)30-23)34-15-14-32-12-4-5-13-32/h1-3,6-11,16-19,30H,4-5,12-15H2,(H,31,33). The fraction of sp³-hybridized carbons (Fsp3) is 0.207. The van der Waals surface area contributed by atoms with Crippen LogP contribution < -0.4 is 10.1 Å². The molecule has 5 nitrogen and oxygen atoms in total. The lowest BCUT2D eigenvalue weighted by atomic mass is 9.99. The highest BCUT2D eigenvalue weighted by molar-refractivity contribution is 6.35. The molecule has 1 saturated heterocycles. The molecule has 0 spiro atoms. The van der Waals surface area contributed by atoms with Crippen LogP contribution in [0.1, 0.15) is 24.1 Å². The highest BCUT2D eigenvalue weighted by Crippen LogP contribution is 2.36. The van der Waals surface area contributed by atoms with E-state index >= 15 is 0 Å². The number of benzene rings is 3. The number of likely N-dealkylation sites (tertiary alicyclic amines) is 1. The van der Waals surface area contributed by atoms with Crippen molar-refractivity contribution in [1.82, 2.24) is 9.88 Å². The molecule has 170 valence electrons. The summed E-state index contributed by atoms with van der Waals surface area (Å²) in [5, 5.41) is 4.06. The summed E-state index contributed by atoms with van der Waals surface area (Å²) in [5.74, 6) is 0.797. The first-order valence-corrected chi connectivity index (χ1v) is 11.9. The normalized spacial score (nSPS) is 16.8. The topological polar surface area (TPSA) is 57.4 Å². The number of hydrogen-bond acceptors (Lipinski definition) is 3. The summed E-state index contributed by atoms with van der Waals surface area (Å²) in [6.07, 6.45) is 4.52. The third-order valence-electron chi connectivity index (χ3n) is 6.70. The van der Waals surface area contributed by atoms with E-state index in [1.54, 1.807) is 0 Å². The summed E-state index contributed by atoms with van der Waals surface area (Å²) in [6.45, 7) is 4.04. The summed E-state index contributed by atoms with van der Waals surface area (Å²) in [6, 6.07) is 24.5. The molecule has 1 amide bonds. The number of rotatable bonds is 6. The van der Waals surface area contributed by atoms with Gasteiger partial charge in [-0.1, -0.05) is 36.4 Å². The van der Waals surface area contributed by atoms with Crippen molar-refractivity contribution in [1.29, 1.82) is 0 Å². The average Bonchev–Trinajstić information content (AvgIpc) is 3.59. The van der Waals surface area contributed by atoms with Crippen molar-refractivity contribution in [2.75, 3.05) is 31.6 Å². The van der Waals surface area contributed by atoms with Gasteiger partial charge >= 0.3 is 0 Å². The number of hydrogen-bond donors (Lipinski definition) is 2. The number of amides is 1. The zero-order valence-electron chi connectivity index (χ0n) is 19.0. The van der Waals surface area contributed by atoms with Crippen LogP contribution in [0.2, 0.25) is 0 Å². The summed E-state index contributed by atoms with van der Waals surface area (Å²) < 4.78 is 6.00. The molecule has 0 radical (unpaired) electrons. The third-order valence-corrected chi connectivity index (χ3v) is 6.70. The molecule has 0 bridgehead atoms. The Labute approximate surface area is 199 Å². The van der Waals surface area contributed by atoms with E-state index in [0.717, 1.165) is 51.3 Å². The van der Waals surface area contributed by atoms with E-state index < -0.39 is 0 Å². The quantitative estimate of drug-likeness (QED) is 0.366. The van der Waals surface area contributed by atoms with Gasteiger partial charge in [-0.05, 0) is 79.5 Å². The van der Waals surface area contributed by atoms with Gasteiger partial charge < -0.3 is 15.0 Å². The fourth-order valence-corrected chi connectivity index (χ4v) is 4.90. The first-order valence-electron chi connectivity index (χ1n) is 11.9. The third kappa shape index (κ3) is 4.11. The van der Waals surface area contributed by atoms with Gasteiger partial charge in [0.1, 0.15) is 12.4 Å². The summed E-state index contributed by atoms with van der Waals surface area (Å²) in [5.41, 5.74) is 6.59. The largest absolute Gasteiger partial charge is 0.492 e. The minimum atomic E-state index is -0.0789.